The van der Waals surface area contributed by atoms with Gasteiger partial charge in [-0.15, -0.1) is 0 Å². The molecule has 2 saturated heterocycles. The van der Waals surface area contributed by atoms with E-state index >= 15 is 0 Å². The lowest BCUT2D eigenvalue weighted by molar-refractivity contribution is 0.0509. The third-order valence-electron chi connectivity index (χ3n) is 3.94. The Hall–Kier alpha value is -0.160. The average molecular weight is 272 g/mol. The van der Waals surface area contributed by atoms with Crippen molar-refractivity contribution in [3.63, 3.8) is 0 Å². The minimum absolute atomic E-state index is 0.376. The second kappa shape index (κ2) is 8.20. The molecule has 112 valence electrons. The molecule has 19 heavy (non-hydrogen) atoms. The largest absolute Gasteiger partial charge is 0.378 e. The van der Waals surface area contributed by atoms with Gasteiger partial charge in [-0.25, -0.2) is 0 Å². The van der Waals surface area contributed by atoms with Crippen molar-refractivity contribution in [2.75, 3.05) is 39.6 Å². The maximum Gasteiger partial charge on any atom is 0.104 e. The van der Waals surface area contributed by atoms with Gasteiger partial charge in [-0.2, -0.15) is 0 Å². The molecule has 0 bridgehead atoms. The number of hydrogen-bond donors (Lipinski definition) is 0. The van der Waals surface area contributed by atoms with Crippen LogP contribution < -0.4 is 0 Å². The van der Waals surface area contributed by atoms with Crippen LogP contribution in [0.1, 0.15) is 33.1 Å². The molecule has 0 aromatic carbocycles. The molecule has 0 radical (unpaired) electrons. The van der Waals surface area contributed by atoms with Crippen LogP contribution in [-0.4, -0.2) is 51.8 Å². The van der Waals surface area contributed by atoms with E-state index in [2.05, 4.69) is 13.8 Å². The van der Waals surface area contributed by atoms with Crippen LogP contribution in [-0.2, 0) is 18.9 Å². The molecule has 0 amide bonds. The van der Waals surface area contributed by atoms with Gasteiger partial charge in [-0.1, -0.05) is 26.7 Å². The van der Waals surface area contributed by atoms with Crippen molar-refractivity contribution in [2.45, 2.75) is 45.3 Å². The molecule has 0 saturated carbocycles. The highest BCUT2D eigenvalue weighted by Crippen LogP contribution is 2.21. The van der Waals surface area contributed by atoms with Gasteiger partial charge in [0.25, 0.3) is 0 Å². The van der Waals surface area contributed by atoms with E-state index in [0.717, 1.165) is 39.6 Å². The smallest absolute Gasteiger partial charge is 0.104 e. The van der Waals surface area contributed by atoms with Crippen LogP contribution in [0.3, 0.4) is 0 Å². The van der Waals surface area contributed by atoms with Gasteiger partial charge in [0.15, 0.2) is 0 Å². The Balaban J connectivity index is 1.55. The van der Waals surface area contributed by atoms with Crippen molar-refractivity contribution in [2.24, 2.45) is 11.8 Å². The van der Waals surface area contributed by atoms with Crippen LogP contribution in [0.25, 0.3) is 0 Å². The highest BCUT2D eigenvalue weighted by atomic mass is 16.6. The van der Waals surface area contributed by atoms with E-state index in [1.165, 1.54) is 19.3 Å². The van der Waals surface area contributed by atoms with Gasteiger partial charge >= 0.3 is 0 Å². The van der Waals surface area contributed by atoms with Crippen molar-refractivity contribution >= 4 is 0 Å². The topological polar surface area (TPSA) is 43.5 Å². The van der Waals surface area contributed by atoms with Crippen LogP contribution in [0.5, 0.6) is 0 Å². The van der Waals surface area contributed by atoms with Crippen molar-refractivity contribution in [3.05, 3.63) is 0 Å². The number of ether oxygens (including phenoxy) is 4. The Morgan fingerprint density at radius 3 is 1.63 bits per heavy atom. The maximum absolute atomic E-state index is 5.72. The van der Waals surface area contributed by atoms with Crippen molar-refractivity contribution < 1.29 is 18.9 Å². The third kappa shape index (κ3) is 6.70. The van der Waals surface area contributed by atoms with Crippen LogP contribution >= 0.6 is 0 Å². The molecular weight excluding hydrogens is 244 g/mol. The highest BCUT2D eigenvalue weighted by Gasteiger charge is 2.24. The van der Waals surface area contributed by atoms with Crippen molar-refractivity contribution in [1.82, 2.24) is 0 Å². The number of hydrogen-bond acceptors (Lipinski definition) is 4. The third-order valence-corrected chi connectivity index (χ3v) is 3.94. The summed E-state index contributed by atoms with van der Waals surface area (Å²) in [5.41, 5.74) is 0. The zero-order valence-corrected chi connectivity index (χ0v) is 12.3. The molecule has 2 aliphatic rings. The molecule has 2 fully saturated rings. The Morgan fingerprint density at radius 2 is 1.32 bits per heavy atom. The van der Waals surface area contributed by atoms with E-state index in [1.54, 1.807) is 0 Å². The fourth-order valence-electron chi connectivity index (χ4n) is 2.24. The number of rotatable bonds is 12. The molecule has 4 heteroatoms. The first-order chi connectivity index (χ1) is 9.31. The van der Waals surface area contributed by atoms with E-state index in [0.29, 0.717) is 24.0 Å². The predicted octanol–water partition coefficient (Wildman–Crippen LogP) is 2.26. The van der Waals surface area contributed by atoms with Crippen molar-refractivity contribution in [3.8, 4) is 0 Å². The molecule has 0 N–H and O–H groups in total. The maximum atomic E-state index is 5.72. The van der Waals surface area contributed by atoms with Crippen LogP contribution in [0.2, 0.25) is 0 Å². The second-order valence-electron chi connectivity index (χ2n) is 5.77. The fourth-order valence-corrected chi connectivity index (χ4v) is 2.24. The molecule has 4 nitrogen and oxygen atoms in total. The van der Waals surface area contributed by atoms with Crippen molar-refractivity contribution in [1.29, 1.82) is 0 Å². The van der Waals surface area contributed by atoms with Gasteiger partial charge in [0.05, 0.1) is 26.4 Å². The molecule has 2 aliphatic heterocycles. The Labute approximate surface area is 116 Å². The van der Waals surface area contributed by atoms with Crippen LogP contribution in [0.4, 0.5) is 0 Å². The molecule has 4 unspecified atom stereocenters. The second-order valence-corrected chi connectivity index (χ2v) is 5.77. The summed E-state index contributed by atoms with van der Waals surface area (Å²) >= 11 is 0. The van der Waals surface area contributed by atoms with E-state index in [1.807, 2.05) is 0 Å². The zero-order valence-electron chi connectivity index (χ0n) is 12.3. The zero-order chi connectivity index (χ0) is 13.5. The molecule has 2 heterocycles. The van der Waals surface area contributed by atoms with E-state index in [4.69, 9.17) is 18.9 Å². The Morgan fingerprint density at radius 1 is 0.895 bits per heavy atom. The van der Waals surface area contributed by atoms with E-state index in [-0.39, 0.29) is 0 Å². The molecule has 0 spiro atoms. The first-order valence-electron chi connectivity index (χ1n) is 7.70. The highest BCUT2D eigenvalue weighted by molar-refractivity contribution is 4.70. The van der Waals surface area contributed by atoms with E-state index < -0.39 is 0 Å². The lowest BCUT2D eigenvalue weighted by Crippen LogP contribution is -2.19. The summed E-state index contributed by atoms with van der Waals surface area (Å²) in [4.78, 5) is 0. The minimum Gasteiger partial charge on any atom is -0.378 e. The SMILES string of the molecule is CCC(COCC1CO1)CC(CC)COCC1CO1. The molecule has 2 rings (SSSR count). The fraction of sp³-hybridized carbons (Fsp3) is 1.00. The summed E-state index contributed by atoms with van der Waals surface area (Å²) in [6, 6.07) is 0. The van der Waals surface area contributed by atoms with Gasteiger partial charge in [0, 0.05) is 13.2 Å². The van der Waals surface area contributed by atoms with Gasteiger partial charge in [0.2, 0.25) is 0 Å². The summed E-state index contributed by atoms with van der Waals surface area (Å²) in [6.07, 6.45) is 4.30. The standard InChI is InChI=1S/C15H28O4/c1-3-12(6-16-8-14-10-18-14)5-13(4-2)7-17-9-15-11-19-15/h12-15H,3-11H2,1-2H3. The Kier molecular flexibility index (Phi) is 6.57. The van der Waals surface area contributed by atoms with Gasteiger partial charge in [-0.3, -0.25) is 0 Å². The molecule has 0 aromatic rings. The van der Waals surface area contributed by atoms with Crippen LogP contribution in [0, 0.1) is 11.8 Å². The monoisotopic (exact) mass is 272 g/mol. The molecule has 4 atom stereocenters. The Bertz CT molecular complexity index is 214. The number of epoxide rings is 2. The summed E-state index contributed by atoms with van der Waals surface area (Å²) in [5, 5.41) is 0. The van der Waals surface area contributed by atoms with E-state index in [9.17, 15) is 0 Å². The lowest BCUT2D eigenvalue weighted by Gasteiger charge is -2.21. The first-order valence-corrected chi connectivity index (χ1v) is 7.70. The van der Waals surface area contributed by atoms with Gasteiger partial charge in [0.1, 0.15) is 12.2 Å². The van der Waals surface area contributed by atoms with Gasteiger partial charge in [-0.05, 0) is 18.3 Å². The summed E-state index contributed by atoms with van der Waals surface area (Å²) in [6.45, 7) is 9.50. The summed E-state index contributed by atoms with van der Waals surface area (Å²) < 4.78 is 21.7. The lowest BCUT2D eigenvalue weighted by atomic mass is 9.92. The normalized spacial score (nSPS) is 28.1. The van der Waals surface area contributed by atoms with Gasteiger partial charge < -0.3 is 18.9 Å². The first kappa shape index (κ1) is 15.2. The summed E-state index contributed by atoms with van der Waals surface area (Å²) in [7, 11) is 0. The average Bonchev–Trinajstić information content (AvgIpc) is 3.29. The minimum atomic E-state index is 0.376. The quantitative estimate of drug-likeness (QED) is 0.511. The molecule has 0 aliphatic carbocycles. The summed E-state index contributed by atoms with van der Waals surface area (Å²) in [5.74, 6) is 1.29. The molecular formula is C15H28O4. The molecule has 0 aromatic heterocycles. The predicted molar refractivity (Wildman–Crippen MR) is 73.3 cm³/mol. The van der Waals surface area contributed by atoms with Crippen LogP contribution in [0.15, 0.2) is 0 Å².